The number of anilines is 1. The van der Waals surface area contributed by atoms with Crippen LogP contribution in [0.5, 0.6) is 5.75 Å². The fourth-order valence-electron chi connectivity index (χ4n) is 4.13. The van der Waals surface area contributed by atoms with Gasteiger partial charge in [0.05, 0.1) is 6.04 Å². The third-order valence-electron chi connectivity index (χ3n) is 5.96. The number of ether oxygens (including phenoxy) is 1. The van der Waals surface area contributed by atoms with Gasteiger partial charge in [0, 0.05) is 31.0 Å². The molecular formula is C23H24F3N7O2. The fraction of sp³-hybridized carbons (Fsp3) is 0.435. The van der Waals surface area contributed by atoms with Crippen molar-refractivity contribution >= 4 is 11.9 Å². The second-order valence-electron chi connectivity index (χ2n) is 8.73. The van der Waals surface area contributed by atoms with Crippen molar-refractivity contribution in [1.29, 1.82) is 0 Å². The summed E-state index contributed by atoms with van der Waals surface area (Å²) in [6, 6.07) is 5.11. The topological polar surface area (TPSA) is 98.1 Å². The summed E-state index contributed by atoms with van der Waals surface area (Å²) in [5.41, 5.74) is 0.740. The van der Waals surface area contributed by atoms with Crippen molar-refractivity contribution in [3.63, 3.8) is 0 Å². The van der Waals surface area contributed by atoms with E-state index in [1.807, 2.05) is 0 Å². The minimum Gasteiger partial charge on any atom is -0.406 e. The molecule has 35 heavy (non-hydrogen) atoms. The van der Waals surface area contributed by atoms with Crippen LogP contribution in [0.25, 0.3) is 5.95 Å². The van der Waals surface area contributed by atoms with Crippen LogP contribution in [0.1, 0.15) is 66.3 Å². The van der Waals surface area contributed by atoms with Crippen LogP contribution in [-0.2, 0) is 0 Å². The van der Waals surface area contributed by atoms with Gasteiger partial charge in [-0.2, -0.15) is 9.67 Å². The van der Waals surface area contributed by atoms with E-state index in [2.05, 4.69) is 35.0 Å². The molecule has 1 N–H and O–H groups in total. The van der Waals surface area contributed by atoms with Gasteiger partial charge >= 0.3 is 6.36 Å². The highest BCUT2D eigenvalue weighted by molar-refractivity contribution is 5.95. The average molecular weight is 487 g/mol. The van der Waals surface area contributed by atoms with Gasteiger partial charge in [-0.3, -0.25) is 4.79 Å². The quantitative estimate of drug-likeness (QED) is 0.539. The largest absolute Gasteiger partial charge is 0.573 e. The maximum atomic E-state index is 13.1. The fourth-order valence-corrected chi connectivity index (χ4v) is 4.13. The number of aromatic nitrogens is 5. The Labute approximate surface area is 199 Å². The van der Waals surface area contributed by atoms with Crippen LogP contribution in [0.3, 0.4) is 0 Å². The second kappa shape index (κ2) is 9.16. The standard InChI is InChI=1S/C23H24F3N7O2/c1-14(19-30-22(32-9-2-3-10-32)31-33(19)21-27-7-4-8-28-21)29-20(34)17-11-16(15-5-6-15)12-18(13-17)35-23(24,25)26/h4,7-8,11-15H,2-3,5-6,9-10H2,1H3,(H,29,34)/t14-/m0/s1. The van der Waals surface area contributed by atoms with Crippen molar-refractivity contribution in [3.05, 3.63) is 53.6 Å². The maximum Gasteiger partial charge on any atom is 0.573 e. The van der Waals surface area contributed by atoms with Gasteiger partial charge in [0.25, 0.3) is 11.9 Å². The first kappa shape index (κ1) is 23.1. The Morgan fingerprint density at radius 3 is 2.49 bits per heavy atom. The van der Waals surface area contributed by atoms with Crippen molar-refractivity contribution in [1.82, 2.24) is 30.0 Å². The predicted molar refractivity (Wildman–Crippen MR) is 119 cm³/mol. The Kier molecular flexibility index (Phi) is 6.03. The van der Waals surface area contributed by atoms with Crippen LogP contribution in [0.4, 0.5) is 19.1 Å². The van der Waals surface area contributed by atoms with E-state index in [-0.39, 0.29) is 11.5 Å². The summed E-state index contributed by atoms with van der Waals surface area (Å²) < 4.78 is 44.1. The van der Waals surface area contributed by atoms with Gasteiger partial charge in [-0.15, -0.1) is 18.3 Å². The lowest BCUT2D eigenvalue weighted by Gasteiger charge is -2.16. The first-order valence-electron chi connectivity index (χ1n) is 11.5. The summed E-state index contributed by atoms with van der Waals surface area (Å²) in [5, 5.41) is 7.40. The normalized spacial score (nSPS) is 16.9. The van der Waals surface area contributed by atoms with Gasteiger partial charge in [0.15, 0.2) is 5.82 Å². The minimum atomic E-state index is -4.85. The number of benzene rings is 1. The summed E-state index contributed by atoms with van der Waals surface area (Å²) >= 11 is 0. The highest BCUT2D eigenvalue weighted by Crippen LogP contribution is 2.42. The number of hydrogen-bond acceptors (Lipinski definition) is 7. The van der Waals surface area contributed by atoms with E-state index in [4.69, 9.17) is 0 Å². The summed E-state index contributed by atoms with van der Waals surface area (Å²) in [6.07, 6.45) is 2.13. The number of nitrogens with one attached hydrogen (secondary N) is 1. The molecule has 1 aromatic carbocycles. The summed E-state index contributed by atoms with van der Waals surface area (Å²) in [4.78, 5) is 28.3. The lowest BCUT2D eigenvalue weighted by atomic mass is 10.1. The number of hydrogen-bond donors (Lipinski definition) is 1. The maximum absolute atomic E-state index is 13.1. The Morgan fingerprint density at radius 2 is 1.83 bits per heavy atom. The molecule has 2 fully saturated rings. The molecule has 1 saturated heterocycles. The number of carbonyl (C=O) groups excluding carboxylic acids is 1. The van der Waals surface area contributed by atoms with Crippen LogP contribution in [0.2, 0.25) is 0 Å². The number of alkyl halides is 3. The van der Waals surface area contributed by atoms with E-state index in [1.165, 1.54) is 10.7 Å². The molecule has 2 aromatic heterocycles. The molecule has 12 heteroatoms. The van der Waals surface area contributed by atoms with Gasteiger partial charge in [0.1, 0.15) is 5.75 Å². The zero-order valence-electron chi connectivity index (χ0n) is 19.0. The van der Waals surface area contributed by atoms with E-state index < -0.39 is 24.1 Å². The Balaban J connectivity index is 1.42. The first-order chi connectivity index (χ1) is 16.8. The highest BCUT2D eigenvalue weighted by Gasteiger charge is 2.33. The van der Waals surface area contributed by atoms with Gasteiger partial charge in [-0.25, -0.2) is 9.97 Å². The molecule has 184 valence electrons. The summed E-state index contributed by atoms with van der Waals surface area (Å²) in [7, 11) is 0. The van der Waals surface area contributed by atoms with Crippen molar-refractivity contribution in [2.24, 2.45) is 0 Å². The van der Waals surface area contributed by atoms with E-state index in [9.17, 15) is 18.0 Å². The molecule has 1 atom stereocenters. The number of rotatable bonds is 7. The Bertz CT molecular complexity index is 1210. The van der Waals surface area contributed by atoms with E-state index in [0.717, 1.165) is 44.8 Å². The molecule has 2 aliphatic rings. The lowest BCUT2D eigenvalue weighted by molar-refractivity contribution is -0.274. The molecule has 1 saturated carbocycles. The van der Waals surface area contributed by atoms with Gasteiger partial charge in [-0.1, -0.05) is 0 Å². The molecule has 3 aromatic rings. The van der Waals surface area contributed by atoms with Crippen LogP contribution in [0.15, 0.2) is 36.7 Å². The first-order valence-corrected chi connectivity index (χ1v) is 11.5. The number of halogens is 3. The summed E-state index contributed by atoms with van der Waals surface area (Å²) in [5.74, 6) is 0.421. The molecule has 9 nitrogen and oxygen atoms in total. The SMILES string of the molecule is C[C@H](NC(=O)c1cc(OC(F)(F)F)cc(C2CC2)c1)c1nc(N2CCCC2)nn1-c1ncccn1. The molecule has 1 aliphatic heterocycles. The van der Waals surface area contributed by atoms with Crippen molar-refractivity contribution in [2.75, 3.05) is 18.0 Å². The molecule has 0 unspecified atom stereocenters. The van der Waals surface area contributed by atoms with Crippen molar-refractivity contribution < 1.29 is 22.7 Å². The van der Waals surface area contributed by atoms with Gasteiger partial charge in [-0.05, 0) is 68.4 Å². The summed E-state index contributed by atoms with van der Waals surface area (Å²) in [6.45, 7) is 3.39. The van der Waals surface area contributed by atoms with E-state index in [1.54, 1.807) is 31.5 Å². The second-order valence-corrected chi connectivity index (χ2v) is 8.73. The van der Waals surface area contributed by atoms with Crippen LogP contribution < -0.4 is 15.0 Å². The Hall–Kier alpha value is -3.70. The smallest absolute Gasteiger partial charge is 0.406 e. The number of carbonyl (C=O) groups is 1. The molecule has 0 bridgehead atoms. The van der Waals surface area contributed by atoms with Crippen LogP contribution in [0, 0.1) is 0 Å². The average Bonchev–Trinajstić information content (AvgIpc) is 3.34. The van der Waals surface area contributed by atoms with E-state index in [0.29, 0.717) is 23.3 Å². The molecule has 3 heterocycles. The molecular weight excluding hydrogens is 463 g/mol. The molecule has 0 spiro atoms. The van der Waals surface area contributed by atoms with E-state index >= 15 is 0 Å². The zero-order valence-corrected chi connectivity index (χ0v) is 19.0. The third kappa shape index (κ3) is 5.36. The Morgan fingerprint density at radius 1 is 1.11 bits per heavy atom. The molecule has 0 radical (unpaired) electrons. The molecule has 1 amide bonds. The van der Waals surface area contributed by atoms with Gasteiger partial charge < -0.3 is 15.0 Å². The van der Waals surface area contributed by atoms with Crippen LogP contribution in [-0.4, -0.2) is 50.1 Å². The predicted octanol–water partition coefficient (Wildman–Crippen LogP) is 3.92. The zero-order chi connectivity index (χ0) is 24.6. The molecule has 1 aliphatic carbocycles. The third-order valence-corrected chi connectivity index (χ3v) is 5.96. The van der Waals surface area contributed by atoms with Crippen molar-refractivity contribution in [3.8, 4) is 11.7 Å². The number of nitrogens with zero attached hydrogens (tertiary/aromatic N) is 6. The monoisotopic (exact) mass is 487 g/mol. The van der Waals surface area contributed by atoms with Crippen LogP contribution >= 0.6 is 0 Å². The highest BCUT2D eigenvalue weighted by atomic mass is 19.4. The van der Waals surface area contributed by atoms with Crippen molar-refractivity contribution in [2.45, 2.75) is 50.9 Å². The number of amides is 1. The van der Waals surface area contributed by atoms with Gasteiger partial charge in [0.2, 0.25) is 5.95 Å². The molecule has 5 rings (SSSR count). The minimum absolute atomic E-state index is 0.0855. The lowest BCUT2D eigenvalue weighted by Crippen LogP contribution is -2.29.